The minimum absolute atomic E-state index is 0.0947. The van der Waals surface area contributed by atoms with Gasteiger partial charge in [-0.2, -0.15) is 0 Å². The van der Waals surface area contributed by atoms with Gasteiger partial charge in [-0.15, -0.1) is 6.40 Å². The molecule has 1 aliphatic heterocycles. The lowest BCUT2D eigenvalue weighted by molar-refractivity contribution is -0.0784. The monoisotopic (exact) mass is 595 g/mol. The number of H-pyrrole nitrogens is 1. The van der Waals surface area contributed by atoms with Gasteiger partial charge in [-0.25, -0.2) is 19.2 Å². The molecule has 11 heteroatoms. The van der Waals surface area contributed by atoms with E-state index in [0.29, 0.717) is 0 Å². The quantitative estimate of drug-likeness (QED) is 0.185. The van der Waals surface area contributed by atoms with Crippen molar-refractivity contribution in [2.75, 3.05) is 6.61 Å². The van der Waals surface area contributed by atoms with Crippen molar-refractivity contribution < 1.29 is 34.7 Å². The lowest BCUT2D eigenvalue weighted by Gasteiger charge is -2.33. The van der Waals surface area contributed by atoms with E-state index in [4.69, 9.17) is 20.3 Å². The molecule has 0 saturated carbocycles. The van der Waals surface area contributed by atoms with Gasteiger partial charge in [0.25, 0.3) is 5.56 Å². The van der Waals surface area contributed by atoms with Gasteiger partial charge in [0.2, 0.25) is 11.7 Å². The molecular weight excluding hydrogens is 568 g/mol. The Labute approximate surface area is 252 Å². The van der Waals surface area contributed by atoms with Gasteiger partial charge in [0, 0.05) is 11.8 Å². The SMILES string of the molecule is [2H]C#C[C@@]1(OC(=O)c2ccccc2)[C@@H](COC(=O)c2ccccc2)OC(n2cc(C)c(=O)[nH]c2=O)[C@@H]1OC(=O)c1ccccc1. The lowest BCUT2D eigenvalue weighted by Crippen LogP contribution is -2.54. The second-order valence-electron chi connectivity index (χ2n) is 9.82. The van der Waals surface area contributed by atoms with Crippen molar-refractivity contribution in [1.82, 2.24) is 9.55 Å². The molecule has 0 spiro atoms. The van der Waals surface area contributed by atoms with Crippen LogP contribution in [0.15, 0.2) is 107 Å². The van der Waals surface area contributed by atoms with Crippen LogP contribution in [0, 0.1) is 19.2 Å². The maximum absolute atomic E-state index is 13.5. The highest BCUT2D eigenvalue weighted by Gasteiger charge is 2.63. The van der Waals surface area contributed by atoms with Crippen molar-refractivity contribution in [2.24, 2.45) is 0 Å². The molecule has 11 nitrogen and oxygen atoms in total. The number of rotatable bonds is 8. The van der Waals surface area contributed by atoms with Crippen molar-refractivity contribution in [3.63, 3.8) is 0 Å². The van der Waals surface area contributed by atoms with Gasteiger partial charge in [0.15, 0.2) is 6.23 Å². The molecule has 4 aromatic rings. The molecule has 222 valence electrons. The zero-order chi connectivity index (χ0) is 32.0. The molecule has 1 saturated heterocycles. The van der Waals surface area contributed by atoms with E-state index in [1.165, 1.54) is 49.5 Å². The first-order valence-corrected chi connectivity index (χ1v) is 13.4. The van der Waals surface area contributed by atoms with E-state index in [0.717, 1.165) is 4.57 Å². The maximum Gasteiger partial charge on any atom is 0.339 e. The first kappa shape index (κ1) is 28.4. The van der Waals surface area contributed by atoms with Crippen LogP contribution < -0.4 is 11.2 Å². The van der Waals surface area contributed by atoms with Gasteiger partial charge >= 0.3 is 23.6 Å². The van der Waals surface area contributed by atoms with Gasteiger partial charge in [-0.3, -0.25) is 14.3 Å². The number of terminal acetylenes is 1. The maximum atomic E-state index is 13.5. The van der Waals surface area contributed by atoms with Gasteiger partial charge in [0.05, 0.1) is 16.7 Å². The topological polar surface area (TPSA) is 143 Å². The molecular formula is C33H26N2O9. The Morgan fingerprint density at radius 3 is 2.02 bits per heavy atom. The zero-order valence-corrected chi connectivity index (χ0v) is 23.3. The van der Waals surface area contributed by atoms with Gasteiger partial charge < -0.3 is 18.9 Å². The van der Waals surface area contributed by atoms with Crippen molar-refractivity contribution in [2.45, 2.75) is 31.0 Å². The number of ether oxygens (including phenoxy) is 4. The minimum Gasteiger partial charge on any atom is -0.459 e. The average Bonchev–Trinajstić information content (AvgIpc) is 3.34. The summed E-state index contributed by atoms with van der Waals surface area (Å²) < 4.78 is 32.3. The molecule has 1 N–H and O–H groups in total. The third-order valence-corrected chi connectivity index (χ3v) is 6.97. The lowest BCUT2D eigenvalue weighted by atomic mass is 9.92. The first-order valence-electron chi connectivity index (χ1n) is 13.9. The summed E-state index contributed by atoms with van der Waals surface area (Å²) in [4.78, 5) is 67.3. The molecule has 44 heavy (non-hydrogen) atoms. The number of benzene rings is 3. The normalized spacial score (nSPS) is 20.8. The van der Waals surface area contributed by atoms with E-state index < -0.39 is 59.8 Å². The Bertz CT molecular complexity index is 1880. The highest BCUT2D eigenvalue weighted by molar-refractivity contribution is 5.91. The zero-order valence-electron chi connectivity index (χ0n) is 24.3. The van der Waals surface area contributed by atoms with E-state index in [1.54, 1.807) is 54.6 Å². The molecule has 5 rings (SSSR count). The van der Waals surface area contributed by atoms with Crippen molar-refractivity contribution in [1.29, 1.82) is 0 Å². The molecule has 4 atom stereocenters. The summed E-state index contributed by atoms with van der Waals surface area (Å²) >= 11 is 0. The Kier molecular flexibility index (Phi) is 8.16. The highest BCUT2D eigenvalue weighted by atomic mass is 16.7. The van der Waals surface area contributed by atoms with Crippen LogP contribution in [0.25, 0.3) is 0 Å². The summed E-state index contributed by atoms with van der Waals surface area (Å²) in [6.45, 7) is 0.845. The van der Waals surface area contributed by atoms with Crippen LogP contribution >= 0.6 is 0 Å². The smallest absolute Gasteiger partial charge is 0.339 e. The van der Waals surface area contributed by atoms with Gasteiger partial charge in [-0.05, 0) is 43.3 Å². The average molecular weight is 596 g/mol. The predicted octanol–water partition coefficient (Wildman–Crippen LogP) is 3.05. The number of aromatic nitrogens is 2. The van der Waals surface area contributed by atoms with Crippen LogP contribution in [0.2, 0.25) is 0 Å². The first-order chi connectivity index (χ1) is 21.7. The van der Waals surface area contributed by atoms with E-state index >= 15 is 0 Å². The molecule has 0 amide bonds. The fourth-order valence-electron chi connectivity index (χ4n) is 4.69. The van der Waals surface area contributed by atoms with Crippen LogP contribution in [0.1, 0.15) is 44.2 Å². The number of hydrogen-bond donors (Lipinski definition) is 1. The molecule has 1 aliphatic rings. The number of nitrogens with one attached hydrogen (secondary N) is 1. The number of aryl methyl sites for hydroxylation is 1. The number of carbonyl (C=O) groups excluding carboxylic acids is 3. The van der Waals surface area contributed by atoms with Crippen LogP contribution in [0.3, 0.4) is 0 Å². The fourth-order valence-corrected chi connectivity index (χ4v) is 4.69. The summed E-state index contributed by atoms with van der Waals surface area (Å²) in [5, 5.41) is 0. The summed E-state index contributed by atoms with van der Waals surface area (Å²) in [6.07, 6.45) is -1.61. The number of hydrogen-bond acceptors (Lipinski definition) is 9. The third kappa shape index (κ3) is 5.92. The summed E-state index contributed by atoms with van der Waals surface area (Å²) in [5.41, 5.74) is -3.34. The molecule has 0 radical (unpaired) electrons. The summed E-state index contributed by atoms with van der Waals surface area (Å²) in [6, 6.07) is 23.7. The van der Waals surface area contributed by atoms with Crippen LogP contribution in [-0.2, 0) is 18.9 Å². The van der Waals surface area contributed by atoms with Crippen LogP contribution in [-0.4, -0.2) is 51.9 Å². The number of carbonyl (C=O) groups is 3. The van der Waals surface area contributed by atoms with Gasteiger partial charge in [-0.1, -0.05) is 60.5 Å². The Hall–Kier alpha value is -5.73. The summed E-state index contributed by atoms with van der Waals surface area (Å²) in [5.74, 6) is -0.0480. The molecule has 3 aromatic carbocycles. The van der Waals surface area contributed by atoms with E-state index in [1.807, 2.05) is 6.40 Å². The standard InChI is InChI=1S/C33H26N2O9/c1-3-33(44-31(39)24-17-11-6-12-18-24)25(20-41-29(37)22-13-7-4-8-14-22)42-28(35-19-21(2)27(36)34-32(35)40)26(33)43-30(38)23-15-9-5-10-16-23/h1,4-19,25-26,28H,20H2,2H3,(H,34,36,40)/t25-,26+,28?,33-/m1/s1/i1D. The van der Waals surface area contributed by atoms with E-state index in [-0.39, 0.29) is 22.3 Å². The second kappa shape index (κ2) is 12.6. The predicted molar refractivity (Wildman–Crippen MR) is 156 cm³/mol. The second-order valence-corrected chi connectivity index (χ2v) is 9.82. The van der Waals surface area contributed by atoms with Crippen molar-refractivity contribution in [3.05, 3.63) is 140 Å². The van der Waals surface area contributed by atoms with E-state index in [9.17, 15) is 24.0 Å². The third-order valence-electron chi connectivity index (χ3n) is 6.97. The Morgan fingerprint density at radius 1 is 0.909 bits per heavy atom. The molecule has 1 aromatic heterocycles. The minimum atomic E-state index is -2.29. The largest absolute Gasteiger partial charge is 0.459 e. The molecule has 0 aliphatic carbocycles. The molecule has 0 bridgehead atoms. The van der Waals surface area contributed by atoms with E-state index in [2.05, 4.69) is 10.9 Å². The summed E-state index contributed by atoms with van der Waals surface area (Å²) in [7, 11) is 0. The van der Waals surface area contributed by atoms with Gasteiger partial charge in [0.1, 0.15) is 14.1 Å². The Morgan fingerprint density at radius 2 is 1.45 bits per heavy atom. The molecule has 2 heterocycles. The van der Waals surface area contributed by atoms with Crippen molar-refractivity contribution in [3.8, 4) is 12.3 Å². The molecule has 1 unspecified atom stereocenters. The fraction of sp³-hybridized carbons (Fsp3) is 0.182. The molecule has 1 fully saturated rings. The number of nitrogens with zero attached hydrogens (tertiary/aromatic N) is 1. The number of aromatic amines is 1. The van der Waals surface area contributed by atoms with Crippen LogP contribution in [0.5, 0.6) is 0 Å². The number of esters is 3. The van der Waals surface area contributed by atoms with Crippen LogP contribution in [0.4, 0.5) is 0 Å². The highest BCUT2D eigenvalue weighted by Crippen LogP contribution is 2.42. The van der Waals surface area contributed by atoms with Crippen molar-refractivity contribution >= 4 is 17.9 Å². The Balaban J connectivity index is 1.64.